The van der Waals surface area contributed by atoms with Crippen molar-refractivity contribution in [2.75, 3.05) is 20.1 Å². The Hall–Kier alpha value is -2.62. The normalized spacial score (nSPS) is 21.7. The Morgan fingerprint density at radius 2 is 1.83 bits per heavy atom. The molecule has 1 aliphatic carbocycles. The number of benzene rings is 2. The molecule has 0 bridgehead atoms. The molecule has 1 saturated carbocycles. The molecule has 1 atom stereocenters. The van der Waals surface area contributed by atoms with Crippen LogP contribution in [0.1, 0.15) is 36.8 Å². The van der Waals surface area contributed by atoms with Gasteiger partial charge in [0.15, 0.2) is 0 Å². The van der Waals surface area contributed by atoms with Gasteiger partial charge in [0.1, 0.15) is 0 Å². The first-order chi connectivity index (χ1) is 14.0. The number of likely N-dealkylation sites (tertiary alicyclic amines) is 1. The van der Waals surface area contributed by atoms with E-state index in [4.69, 9.17) is 0 Å². The summed E-state index contributed by atoms with van der Waals surface area (Å²) in [5.41, 5.74) is 4.16. The molecule has 4 heteroatoms. The quantitative estimate of drug-likeness (QED) is 0.840. The van der Waals surface area contributed by atoms with Crippen molar-refractivity contribution in [3.05, 3.63) is 59.7 Å². The molecule has 2 fully saturated rings. The van der Waals surface area contributed by atoms with E-state index in [2.05, 4.69) is 54.7 Å². The molecule has 0 unspecified atom stereocenters. The lowest BCUT2D eigenvalue weighted by Gasteiger charge is -2.42. The van der Waals surface area contributed by atoms with Gasteiger partial charge in [0.25, 0.3) is 0 Å². The average molecular weight is 391 g/mol. The van der Waals surface area contributed by atoms with Crippen molar-refractivity contribution in [1.82, 2.24) is 10.2 Å². The second-order valence-corrected chi connectivity index (χ2v) is 8.70. The maximum absolute atomic E-state index is 13.1. The van der Waals surface area contributed by atoms with Crippen LogP contribution in [0.4, 0.5) is 0 Å². The highest BCUT2D eigenvalue weighted by molar-refractivity contribution is 5.86. The summed E-state index contributed by atoms with van der Waals surface area (Å²) < 4.78 is 0. The van der Waals surface area contributed by atoms with Gasteiger partial charge in [-0.3, -0.25) is 9.59 Å². The average Bonchev–Trinajstić information content (AvgIpc) is 3.59. The Morgan fingerprint density at radius 1 is 1.10 bits per heavy atom. The molecule has 1 N–H and O–H groups in total. The first-order valence-electron chi connectivity index (χ1n) is 10.7. The maximum Gasteiger partial charge on any atom is 0.228 e. The maximum atomic E-state index is 13.1. The lowest BCUT2D eigenvalue weighted by atomic mass is 9.73. The minimum atomic E-state index is -0.571. The molecule has 29 heavy (non-hydrogen) atoms. The molecule has 0 aromatic heterocycles. The van der Waals surface area contributed by atoms with Crippen LogP contribution in [0.2, 0.25) is 0 Å². The van der Waals surface area contributed by atoms with Crippen LogP contribution in [-0.2, 0) is 16.0 Å². The zero-order valence-corrected chi connectivity index (χ0v) is 17.4. The number of aryl methyl sites for hydroxylation is 1. The number of rotatable bonds is 5. The molecule has 2 aromatic carbocycles. The highest BCUT2D eigenvalue weighted by Gasteiger charge is 2.45. The van der Waals surface area contributed by atoms with Crippen LogP contribution in [0.5, 0.6) is 0 Å². The fraction of sp³-hybridized carbons (Fsp3) is 0.440. The van der Waals surface area contributed by atoms with Crippen molar-refractivity contribution in [2.45, 2.75) is 39.0 Å². The van der Waals surface area contributed by atoms with Gasteiger partial charge in [-0.15, -0.1) is 0 Å². The topological polar surface area (TPSA) is 49.4 Å². The summed E-state index contributed by atoms with van der Waals surface area (Å²) in [7, 11) is 1.71. The van der Waals surface area contributed by atoms with Gasteiger partial charge in [-0.05, 0) is 55.7 Å². The van der Waals surface area contributed by atoms with Gasteiger partial charge in [-0.2, -0.15) is 0 Å². The molecule has 4 rings (SSSR count). The van der Waals surface area contributed by atoms with Crippen LogP contribution in [0.15, 0.2) is 48.5 Å². The predicted molar refractivity (Wildman–Crippen MR) is 115 cm³/mol. The second kappa shape index (κ2) is 8.02. The van der Waals surface area contributed by atoms with Crippen molar-refractivity contribution >= 4 is 11.8 Å². The number of amides is 2. The summed E-state index contributed by atoms with van der Waals surface area (Å²) in [5, 5.41) is 2.89. The summed E-state index contributed by atoms with van der Waals surface area (Å²) in [6.07, 6.45) is 4.32. The van der Waals surface area contributed by atoms with Crippen molar-refractivity contribution in [3.63, 3.8) is 0 Å². The SMILES string of the molecule is CNC(=O)[C@]1(Cc2ccccc2-c2ccc(C)cc2)CCCN(C(=O)C2CC2)C1. The summed E-state index contributed by atoms with van der Waals surface area (Å²) in [4.78, 5) is 27.8. The van der Waals surface area contributed by atoms with Gasteiger partial charge in [-0.1, -0.05) is 54.1 Å². The summed E-state index contributed by atoms with van der Waals surface area (Å²) >= 11 is 0. The molecule has 2 amide bonds. The van der Waals surface area contributed by atoms with E-state index in [-0.39, 0.29) is 17.7 Å². The van der Waals surface area contributed by atoms with Gasteiger partial charge in [0.05, 0.1) is 5.41 Å². The van der Waals surface area contributed by atoms with E-state index in [0.717, 1.165) is 32.2 Å². The van der Waals surface area contributed by atoms with E-state index in [1.165, 1.54) is 22.3 Å². The molecule has 0 radical (unpaired) electrons. The van der Waals surface area contributed by atoms with Gasteiger partial charge in [0.2, 0.25) is 11.8 Å². The fourth-order valence-electron chi connectivity index (χ4n) is 4.64. The molecule has 2 aromatic rings. The molecule has 152 valence electrons. The number of piperidine rings is 1. The Kier molecular flexibility index (Phi) is 5.44. The molecular formula is C25H30N2O2. The van der Waals surface area contributed by atoms with Crippen LogP contribution >= 0.6 is 0 Å². The zero-order valence-electron chi connectivity index (χ0n) is 17.4. The number of nitrogens with zero attached hydrogens (tertiary/aromatic N) is 1. The standard InChI is InChI=1S/C25H30N2O2/c1-18-8-10-19(11-9-18)22-7-4-3-6-21(22)16-25(24(29)26-2)14-5-15-27(17-25)23(28)20-12-13-20/h3-4,6-11,20H,5,12-17H2,1-2H3,(H,26,29)/t25-/m0/s1. The van der Waals surface area contributed by atoms with E-state index in [1.807, 2.05) is 11.0 Å². The molecular weight excluding hydrogens is 360 g/mol. The monoisotopic (exact) mass is 390 g/mol. The van der Waals surface area contributed by atoms with E-state index in [1.54, 1.807) is 7.05 Å². The molecule has 1 aliphatic heterocycles. The van der Waals surface area contributed by atoms with Crippen LogP contribution in [-0.4, -0.2) is 36.9 Å². The van der Waals surface area contributed by atoms with E-state index in [0.29, 0.717) is 13.0 Å². The van der Waals surface area contributed by atoms with Gasteiger partial charge >= 0.3 is 0 Å². The van der Waals surface area contributed by atoms with Crippen LogP contribution in [0, 0.1) is 18.3 Å². The number of carbonyl (C=O) groups excluding carboxylic acids is 2. The third-order valence-corrected chi connectivity index (χ3v) is 6.43. The molecule has 1 heterocycles. The number of carbonyl (C=O) groups is 2. The zero-order chi connectivity index (χ0) is 20.4. The molecule has 2 aliphatic rings. The van der Waals surface area contributed by atoms with Crippen LogP contribution < -0.4 is 5.32 Å². The summed E-state index contributed by atoms with van der Waals surface area (Å²) in [6.45, 7) is 3.38. The summed E-state index contributed by atoms with van der Waals surface area (Å²) in [5.74, 6) is 0.477. The first-order valence-corrected chi connectivity index (χ1v) is 10.7. The third-order valence-electron chi connectivity index (χ3n) is 6.43. The largest absolute Gasteiger partial charge is 0.359 e. The lowest BCUT2D eigenvalue weighted by molar-refractivity contribution is -0.142. The van der Waals surface area contributed by atoms with Crippen LogP contribution in [0.3, 0.4) is 0 Å². The molecule has 0 spiro atoms. The van der Waals surface area contributed by atoms with Gasteiger partial charge in [-0.25, -0.2) is 0 Å². The highest BCUT2D eigenvalue weighted by Crippen LogP contribution is 2.39. The van der Waals surface area contributed by atoms with Crippen molar-refractivity contribution in [3.8, 4) is 11.1 Å². The fourth-order valence-corrected chi connectivity index (χ4v) is 4.64. The highest BCUT2D eigenvalue weighted by atomic mass is 16.2. The third kappa shape index (κ3) is 4.07. The Bertz CT molecular complexity index is 901. The van der Waals surface area contributed by atoms with E-state index in [9.17, 15) is 9.59 Å². The Labute approximate surface area is 173 Å². The van der Waals surface area contributed by atoms with Gasteiger partial charge < -0.3 is 10.2 Å². The summed E-state index contributed by atoms with van der Waals surface area (Å²) in [6, 6.07) is 16.9. The van der Waals surface area contributed by atoms with E-state index < -0.39 is 5.41 Å². The second-order valence-electron chi connectivity index (χ2n) is 8.70. The predicted octanol–water partition coefficient (Wildman–Crippen LogP) is 3.97. The Morgan fingerprint density at radius 3 is 2.52 bits per heavy atom. The van der Waals surface area contributed by atoms with Gasteiger partial charge in [0, 0.05) is 26.1 Å². The van der Waals surface area contributed by atoms with Crippen molar-refractivity contribution in [1.29, 1.82) is 0 Å². The number of hydrogen-bond donors (Lipinski definition) is 1. The van der Waals surface area contributed by atoms with E-state index >= 15 is 0 Å². The minimum absolute atomic E-state index is 0.0458. The lowest BCUT2D eigenvalue weighted by Crippen LogP contribution is -2.54. The smallest absolute Gasteiger partial charge is 0.228 e. The van der Waals surface area contributed by atoms with Crippen molar-refractivity contribution in [2.24, 2.45) is 11.3 Å². The van der Waals surface area contributed by atoms with Crippen molar-refractivity contribution < 1.29 is 9.59 Å². The first kappa shape index (κ1) is 19.7. The minimum Gasteiger partial charge on any atom is -0.359 e. The number of hydrogen-bond acceptors (Lipinski definition) is 2. The molecule has 1 saturated heterocycles. The molecule has 4 nitrogen and oxygen atoms in total. The Balaban J connectivity index is 1.66. The van der Waals surface area contributed by atoms with Crippen LogP contribution in [0.25, 0.3) is 11.1 Å². The number of nitrogens with one attached hydrogen (secondary N) is 1.